The number of aliphatic carboxylic acids is 4. The molecule has 0 aliphatic rings. The first-order valence-corrected chi connectivity index (χ1v) is 6.02. The Labute approximate surface area is 169 Å². The van der Waals surface area contributed by atoms with E-state index >= 15 is 0 Å². The number of carboxylic acid groups (broad SMARTS) is 4. The van der Waals surface area contributed by atoms with Crippen LogP contribution in [0.5, 0.6) is 0 Å². The second-order valence-electron chi connectivity index (χ2n) is 4.35. The third-order valence-electron chi connectivity index (χ3n) is 2.38. The van der Waals surface area contributed by atoms with Crippen molar-refractivity contribution in [3.8, 4) is 0 Å². The Hall–Kier alpha value is -0.564. The molecule has 10 nitrogen and oxygen atoms in total. The second kappa shape index (κ2) is 12.9. The van der Waals surface area contributed by atoms with Crippen LogP contribution < -0.4 is 0 Å². The van der Waals surface area contributed by atoms with E-state index in [-0.39, 0.29) is 70.9 Å². The Kier molecular flexibility index (Phi) is 13.9. The molecule has 0 fully saturated rings. The SMILES string of the molecule is O=C(O)CN(CCCN(CC(=O)O)CC(=O)O)CC(=O)O.[K]. The molecule has 0 amide bonds. The van der Waals surface area contributed by atoms with Gasteiger partial charge in [-0.25, -0.2) is 0 Å². The summed E-state index contributed by atoms with van der Waals surface area (Å²) in [4.78, 5) is 44.7. The minimum absolute atomic E-state index is 0. The van der Waals surface area contributed by atoms with Gasteiger partial charge in [0, 0.05) is 64.5 Å². The van der Waals surface area contributed by atoms with Gasteiger partial charge in [0.15, 0.2) is 0 Å². The molecule has 0 atom stereocenters. The van der Waals surface area contributed by atoms with E-state index in [1.165, 1.54) is 9.80 Å². The van der Waals surface area contributed by atoms with Crippen molar-refractivity contribution in [3.63, 3.8) is 0 Å². The Morgan fingerprint density at radius 2 is 0.818 bits per heavy atom. The van der Waals surface area contributed by atoms with Gasteiger partial charge in [0.05, 0.1) is 26.2 Å². The molecule has 0 bridgehead atoms. The summed E-state index contributed by atoms with van der Waals surface area (Å²) in [5.41, 5.74) is 0. The van der Waals surface area contributed by atoms with Gasteiger partial charge in [0.2, 0.25) is 0 Å². The van der Waals surface area contributed by atoms with Crippen molar-refractivity contribution in [1.82, 2.24) is 9.80 Å². The second-order valence-corrected chi connectivity index (χ2v) is 4.35. The van der Waals surface area contributed by atoms with Crippen molar-refractivity contribution < 1.29 is 39.6 Å². The molecule has 0 aliphatic carbocycles. The van der Waals surface area contributed by atoms with E-state index in [2.05, 4.69) is 0 Å². The van der Waals surface area contributed by atoms with Crippen LogP contribution in [0.4, 0.5) is 0 Å². The number of hydrogen-bond acceptors (Lipinski definition) is 6. The largest absolute Gasteiger partial charge is 0.480 e. The predicted octanol–water partition coefficient (Wildman–Crippen LogP) is -2.06. The summed E-state index contributed by atoms with van der Waals surface area (Å²) < 4.78 is 0. The maximum absolute atomic E-state index is 10.6. The Morgan fingerprint density at radius 3 is 1.00 bits per heavy atom. The smallest absolute Gasteiger partial charge is 0.317 e. The van der Waals surface area contributed by atoms with Gasteiger partial charge in [-0.05, 0) is 6.42 Å². The number of hydrogen-bond donors (Lipinski definition) is 4. The first-order valence-electron chi connectivity index (χ1n) is 6.02. The zero-order valence-corrected chi connectivity index (χ0v) is 15.4. The Balaban J connectivity index is 0. The van der Waals surface area contributed by atoms with Crippen LogP contribution in [0.1, 0.15) is 6.42 Å². The molecule has 0 saturated heterocycles. The van der Waals surface area contributed by atoms with Gasteiger partial charge in [-0.3, -0.25) is 29.0 Å². The van der Waals surface area contributed by atoms with Gasteiger partial charge in [0.25, 0.3) is 0 Å². The summed E-state index contributed by atoms with van der Waals surface area (Å²) in [5, 5.41) is 34.6. The van der Waals surface area contributed by atoms with Gasteiger partial charge in [0.1, 0.15) is 0 Å². The van der Waals surface area contributed by atoms with E-state index in [4.69, 9.17) is 20.4 Å². The first kappa shape index (κ1) is 23.7. The number of carbonyl (C=O) groups is 4. The molecule has 0 aliphatic heterocycles. The quantitative estimate of drug-likeness (QED) is 0.290. The molecule has 1 radical (unpaired) electrons. The van der Waals surface area contributed by atoms with Crippen molar-refractivity contribution in [2.45, 2.75) is 6.42 Å². The van der Waals surface area contributed by atoms with E-state index in [1.54, 1.807) is 0 Å². The van der Waals surface area contributed by atoms with E-state index in [0.29, 0.717) is 0 Å². The van der Waals surface area contributed by atoms with Crippen molar-refractivity contribution >= 4 is 75.3 Å². The van der Waals surface area contributed by atoms with E-state index in [0.717, 1.165) is 0 Å². The number of carboxylic acids is 4. The number of nitrogens with zero attached hydrogens (tertiary/aromatic N) is 2. The van der Waals surface area contributed by atoms with Gasteiger partial charge < -0.3 is 20.4 Å². The molecule has 0 heterocycles. The van der Waals surface area contributed by atoms with E-state index in [1.807, 2.05) is 0 Å². The molecule has 0 aromatic carbocycles. The monoisotopic (exact) mass is 345 g/mol. The first-order chi connectivity index (χ1) is 9.70. The summed E-state index contributed by atoms with van der Waals surface area (Å²) in [7, 11) is 0. The maximum Gasteiger partial charge on any atom is 0.317 e. The molecule has 0 unspecified atom stereocenters. The van der Waals surface area contributed by atoms with Crippen molar-refractivity contribution in [2.24, 2.45) is 0 Å². The molecular weight excluding hydrogens is 327 g/mol. The molecule has 11 heteroatoms. The Morgan fingerprint density at radius 1 is 0.591 bits per heavy atom. The summed E-state index contributed by atoms with van der Waals surface area (Å²) in [6.07, 6.45) is 0.251. The van der Waals surface area contributed by atoms with Gasteiger partial charge in [-0.2, -0.15) is 0 Å². The van der Waals surface area contributed by atoms with Crippen LogP contribution >= 0.6 is 0 Å². The maximum atomic E-state index is 10.6. The van der Waals surface area contributed by atoms with Crippen LogP contribution in [0.2, 0.25) is 0 Å². The van der Waals surface area contributed by atoms with Crippen LogP contribution in [-0.4, -0.2) is 145 Å². The normalized spacial score (nSPS) is 10.3. The van der Waals surface area contributed by atoms with Crippen LogP contribution in [0.3, 0.4) is 0 Å². The Bertz CT molecular complexity index is 336. The van der Waals surface area contributed by atoms with Gasteiger partial charge >= 0.3 is 23.9 Å². The van der Waals surface area contributed by atoms with Crippen molar-refractivity contribution in [1.29, 1.82) is 0 Å². The molecule has 4 N–H and O–H groups in total. The average Bonchev–Trinajstić information content (AvgIpc) is 2.24. The molecule has 0 saturated carbocycles. The molecule has 0 aromatic rings. The molecule has 0 aromatic heterocycles. The average molecular weight is 345 g/mol. The van der Waals surface area contributed by atoms with Crippen molar-refractivity contribution in [2.75, 3.05) is 39.3 Å². The van der Waals surface area contributed by atoms with Crippen LogP contribution in [0.15, 0.2) is 0 Å². The molecule has 121 valence electrons. The minimum Gasteiger partial charge on any atom is -0.480 e. The molecule has 0 spiro atoms. The van der Waals surface area contributed by atoms with Crippen LogP contribution in [0.25, 0.3) is 0 Å². The van der Waals surface area contributed by atoms with E-state index < -0.39 is 50.1 Å². The molecule has 22 heavy (non-hydrogen) atoms. The zero-order chi connectivity index (χ0) is 16.4. The summed E-state index contributed by atoms with van der Waals surface area (Å²) in [5.74, 6) is -4.71. The van der Waals surface area contributed by atoms with Gasteiger partial charge in [-0.1, -0.05) is 0 Å². The minimum atomic E-state index is -1.18. The third-order valence-corrected chi connectivity index (χ3v) is 2.38. The fourth-order valence-electron chi connectivity index (χ4n) is 1.71. The zero-order valence-electron chi connectivity index (χ0n) is 12.3. The summed E-state index contributed by atoms with van der Waals surface area (Å²) in [6, 6.07) is 0. The van der Waals surface area contributed by atoms with Crippen molar-refractivity contribution in [3.05, 3.63) is 0 Å². The summed E-state index contributed by atoms with van der Waals surface area (Å²) in [6.45, 7) is -1.61. The van der Waals surface area contributed by atoms with Crippen LogP contribution in [0, 0.1) is 0 Å². The molecule has 0 rings (SSSR count). The predicted molar refractivity (Wildman–Crippen MR) is 73.8 cm³/mol. The van der Waals surface area contributed by atoms with E-state index in [9.17, 15) is 19.2 Å². The fraction of sp³-hybridized carbons (Fsp3) is 0.636. The third kappa shape index (κ3) is 14.4. The standard InChI is InChI=1S/C11H18N2O8.K/c14-8(15)4-12(5-9(16)17)2-1-3-13(6-10(18)19)7-11(20)21;/h1-7H2,(H,14,15)(H,16,17)(H,18,19)(H,20,21);. The number of rotatable bonds is 12. The fourth-order valence-corrected chi connectivity index (χ4v) is 1.71. The topological polar surface area (TPSA) is 156 Å². The van der Waals surface area contributed by atoms with Crippen LogP contribution in [-0.2, 0) is 19.2 Å². The van der Waals surface area contributed by atoms with Gasteiger partial charge in [-0.15, -0.1) is 0 Å². The summed E-state index contributed by atoms with van der Waals surface area (Å²) >= 11 is 0. The molecular formula is C11H18KN2O8.